The summed E-state index contributed by atoms with van der Waals surface area (Å²) in [6.07, 6.45) is 0. The maximum atomic E-state index is 12.0. The van der Waals surface area contributed by atoms with E-state index in [4.69, 9.17) is 4.74 Å². The van der Waals surface area contributed by atoms with Crippen LogP contribution in [0.5, 0.6) is 5.75 Å². The Labute approximate surface area is 127 Å². The maximum Gasteiger partial charge on any atom is 0.251 e. The van der Waals surface area contributed by atoms with Crippen molar-refractivity contribution in [3.8, 4) is 5.75 Å². The van der Waals surface area contributed by atoms with Crippen molar-refractivity contribution in [3.63, 3.8) is 0 Å². The molecule has 3 nitrogen and oxygen atoms in total. The number of hydrogen-bond donors (Lipinski definition) is 1. The molecule has 1 amide bonds. The van der Waals surface area contributed by atoms with Gasteiger partial charge in [0.1, 0.15) is 5.75 Å². The van der Waals surface area contributed by atoms with Crippen molar-refractivity contribution in [3.05, 3.63) is 64.1 Å². The fourth-order valence-electron chi connectivity index (χ4n) is 1.80. The van der Waals surface area contributed by atoms with Crippen molar-refractivity contribution >= 4 is 21.8 Å². The van der Waals surface area contributed by atoms with E-state index in [-0.39, 0.29) is 5.91 Å². The van der Waals surface area contributed by atoms with Crippen LogP contribution in [-0.2, 0) is 6.54 Å². The van der Waals surface area contributed by atoms with Crippen LogP contribution in [-0.4, -0.2) is 12.5 Å². The smallest absolute Gasteiger partial charge is 0.251 e. The Morgan fingerprint density at radius 3 is 2.65 bits per heavy atom. The molecule has 0 aliphatic carbocycles. The van der Waals surface area contributed by atoms with E-state index in [1.165, 1.54) is 0 Å². The van der Waals surface area contributed by atoms with Gasteiger partial charge in [-0.15, -0.1) is 0 Å². The molecule has 0 saturated carbocycles. The Bertz CT molecular complexity index is 581. The highest BCUT2D eigenvalue weighted by Crippen LogP contribution is 2.14. The van der Waals surface area contributed by atoms with E-state index in [2.05, 4.69) is 21.2 Å². The van der Waals surface area contributed by atoms with Crippen molar-refractivity contribution in [2.45, 2.75) is 13.5 Å². The van der Waals surface area contributed by atoms with Gasteiger partial charge in [0.25, 0.3) is 5.91 Å². The van der Waals surface area contributed by atoms with Gasteiger partial charge in [0.05, 0.1) is 6.61 Å². The summed E-state index contributed by atoms with van der Waals surface area (Å²) in [4.78, 5) is 12.0. The van der Waals surface area contributed by atoms with Crippen LogP contribution in [0.3, 0.4) is 0 Å². The lowest BCUT2D eigenvalue weighted by atomic mass is 10.2. The topological polar surface area (TPSA) is 38.3 Å². The van der Waals surface area contributed by atoms with Crippen LogP contribution in [0.25, 0.3) is 0 Å². The molecule has 2 rings (SSSR count). The fraction of sp³-hybridized carbons (Fsp3) is 0.188. The summed E-state index contributed by atoms with van der Waals surface area (Å²) in [6, 6.07) is 15.0. The normalized spacial score (nSPS) is 10.1. The zero-order valence-electron chi connectivity index (χ0n) is 11.2. The molecule has 2 aromatic carbocycles. The molecule has 0 fully saturated rings. The van der Waals surface area contributed by atoms with E-state index in [9.17, 15) is 4.79 Å². The van der Waals surface area contributed by atoms with Crippen LogP contribution in [0.1, 0.15) is 22.8 Å². The van der Waals surface area contributed by atoms with Gasteiger partial charge in [0, 0.05) is 16.6 Å². The number of nitrogens with one attached hydrogen (secondary N) is 1. The lowest BCUT2D eigenvalue weighted by molar-refractivity contribution is 0.0951. The van der Waals surface area contributed by atoms with Crippen LogP contribution in [0, 0.1) is 0 Å². The third-order valence-corrected chi connectivity index (χ3v) is 3.30. The molecular weight excluding hydrogens is 318 g/mol. The van der Waals surface area contributed by atoms with Gasteiger partial charge < -0.3 is 10.1 Å². The van der Waals surface area contributed by atoms with Crippen LogP contribution >= 0.6 is 15.9 Å². The summed E-state index contributed by atoms with van der Waals surface area (Å²) in [7, 11) is 0. The Balaban J connectivity index is 1.96. The largest absolute Gasteiger partial charge is 0.494 e. The van der Waals surface area contributed by atoms with Crippen LogP contribution < -0.4 is 10.1 Å². The molecule has 0 atom stereocenters. The highest BCUT2D eigenvalue weighted by atomic mass is 79.9. The molecular formula is C16H16BrNO2. The SMILES string of the molecule is CCOc1cccc(CNC(=O)c2ccc(Br)cc2)c1. The molecule has 0 aromatic heterocycles. The lowest BCUT2D eigenvalue weighted by Crippen LogP contribution is -2.22. The minimum Gasteiger partial charge on any atom is -0.494 e. The zero-order chi connectivity index (χ0) is 14.4. The van der Waals surface area contributed by atoms with Crippen LogP contribution in [0.4, 0.5) is 0 Å². The van der Waals surface area contributed by atoms with Crippen molar-refractivity contribution in [1.82, 2.24) is 5.32 Å². The monoisotopic (exact) mass is 333 g/mol. The van der Waals surface area contributed by atoms with Gasteiger partial charge in [-0.25, -0.2) is 0 Å². The predicted molar refractivity (Wildman–Crippen MR) is 82.9 cm³/mol. The van der Waals surface area contributed by atoms with E-state index >= 15 is 0 Å². The van der Waals surface area contributed by atoms with Gasteiger partial charge in [-0.1, -0.05) is 28.1 Å². The standard InChI is InChI=1S/C16H16BrNO2/c1-2-20-15-5-3-4-12(10-15)11-18-16(19)13-6-8-14(17)9-7-13/h3-10H,2,11H2,1H3,(H,18,19). The lowest BCUT2D eigenvalue weighted by Gasteiger charge is -2.08. The minimum atomic E-state index is -0.0840. The van der Waals surface area contributed by atoms with Crippen molar-refractivity contribution in [1.29, 1.82) is 0 Å². The van der Waals surface area contributed by atoms with Crippen molar-refractivity contribution in [2.24, 2.45) is 0 Å². The van der Waals surface area contributed by atoms with Gasteiger partial charge in [-0.3, -0.25) is 4.79 Å². The molecule has 0 aliphatic heterocycles. The molecule has 0 heterocycles. The molecule has 4 heteroatoms. The number of benzene rings is 2. The number of carbonyl (C=O) groups is 1. The molecule has 2 aromatic rings. The molecule has 0 spiro atoms. The minimum absolute atomic E-state index is 0.0840. The summed E-state index contributed by atoms with van der Waals surface area (Å²) in [5, 5.41) is 2.89. The quantitative estimate of drug-likeness (QED) is 0.904. The van der Waals surface area contributed by atoms with Crippen LogP contribution in [0.2, 0.25) is 0 Å². The Morgan fingerprint density at radius 2 is 1.95 bits per heavy atom. The van der Waals surface area contributed by atoms with E-state index in [1.54, 1.807) is 12.1 Å². The first-order valence-corrected chi connectivity index (χ1v) is 7.24. The van der Waals surface area contributed by atoms with Gasteiger partial charge in [0.2, 0.25) is 0 Å². The highest BCUT2D eigenvalue weighted by Gasteiger charge is 2.05. The van der Waals surface area contributed by atoms with Crippen molar-refractivity contribution in [2.75, 3.05) is 6.61 Å². The Morgan fingerprint density at radius 1 is 1.20 bits per heavy atom. The summed E-state index contributed by atoms with van der Waals surface area (Å²) in [5.41, 5.74) is 1.66. The van der Waals surface area contributed by atoms with Gasteiger partial charge in [-0.2, -0.15) is 0 Å². The Kier molecular flexibility index (Phi) is 5.18. The molecule has 0 aliphatic rings. The van der Waals surface area contributed by atoms with Crippen molar-refractivity contribution < 1.29 is 9.53 Å². The highest BCUT2D eigenvalue weighted by molar-refractivity contribution is 9.10. The third-order valence-electron chi connectivity index (χ3n) is 2.77. The second kappa shape index (κ2) is 7.10. The van der Waals surface area contributed by atoms with Gasteiger partial charge in [-0.05, 0) is 48.9 Å². The number of halogens is 1. The number of rotatable bonds is 5. The van der Waals surface area contributed by atoms with Gasteiger partial charge >= 0.3 is 0 Å². The zero-order valence-corrected chi connectivity index (χ0v) is 12.8. The summed E-state index contributed by atoms with van der Waals surface area (Å²) >= 11 is 3.35. The summed E-state index contributed by atoms with van der Waals surface area (Å²) < 4.78 is 6.39. The van der Waals surface area contributed by atoms with Gasteiger partial charge in [0.15, 0.2) is 0 Å². The number of carbonyl (C=O) groups excluding carboxylic acids is 1. The average molecular weight is 334 g/mol. The van der Waals surface area contributed by atoms with E-state index < -0.39 is 0 Å². The Hall–Kier alpha value is -1.81. The average Bonchev–Trinajstić information content (AvgIpc) is 2.46. The third kappa shape index (κ3) is 4.10. The fourth-order valence-corrected chi connectivity index (χ4v) is 2.06. The van der Waals surface area contributed by atoms with E-state index in [1.807, 2.05) is 43.3 Å². The molecule has 20 heavy (non-hydrogen) atoms. The molecule has 0 saturated heterocycles. The maximum absolute atomic E-state index is 12.0. The molecule has 104 valence electrons. The number of hydrogen-bond acceptors (Lipinski definition) is 2. The summed E-state index contributed by atoms with van der Waals surface area (Å²) in [6.45, 7) is 3.06. The first-order chi connectivity index (χ1) is 9.69. The summed E-state index contributed by atoms with van der Waals surface area (Å²) in [5.74, 6) is 0.738. The molecule has 1 N–H and O–H groups in total. The first-order valence-electron chi connectivity index (χ1n) is 6.44. The predicted octanol–water partition coefficient (Wildman–Crippen LogP) is 3.78. The number of amides is 1. The van der Waals surface area contributed by atoms with Crippen LogP contribution in [0.15, 0.2) is 53.0 Å². The van der Waals surface area contributed by atoms with E-state index in [0.717, 1.165) is 15.8 Å². The number of ether oxygens (including phenoxy) is 1. The molecule has 0 radical (unpaired) electrons. The first kappa shape index (κ1) is 14.6. The second-order valence-electron chi connectivity index (χ2n) is 4.27. The van der Waals surface area contributed by atoms with E-state index in [0.29, 0.717) is 18.7 Å². The molecule has 0 bridgehead atoms. The second-order valence-corrected chi connectivity index (χ2v) is 5.19. The molecule has 0 unspecified atom stereocenters.